The van der Waals surface area contributed by atoms with Gasteiger partial charge in [0.1, 0.15) is 29.9 Å². The molecule has 5 amide bonds. The number of aliphatic hydroxyl groups excluding tert-OH is 1. The van der Waals surface area contributed by atoms with E-state index in [1.165, 1.54) is 43.5 Å². The second kappa shape index (κ2) is 31.6. The molecule has 4 aliphatic heterocycles. The smallest absolute Gasteiger partial charge is 0.407 e. The van der Waals surface area contributed by atoms with Gasteiger partial charge in [-0.25, -0.2) is 22.4 Å². The summed E-state index contributed by atoms with van der Waals surface area (Å²) < 4.78 is 64.1. The minimum Gasteiger partial charge on any atom is -0.481 e. The van der Waals surface area contributed by atoms with Crippen molar-refractivity contribution in [1.82, 2.24) is 26.6 Å². The molecule has 5 unspecified atom stereocenters. The number of nitrogens with two attached hydrogens (primary N) is 1. The average molecular weight is 1120 g/mol. The summed E-state index contributed by atoms with van der Waals surface area (Å²) in [6.45, 7) is 0.270. The van der Waals surface area contributed by atoms with E-state index in [1.54, 1.807) is 60.7 Å². The number of halogens is 4. The van der Waals surface area contributed by atoms with E-state index >= 15 is 0 Å². The molecule has 4 saturated heterocycles. The van der Waals surface area contributed by atoms with Crippen LogP contribution in [0.25, 0.3) is 0 Å². The molecule has 81 heavy (non-hydrogen) atoms. The average Bonchev–Trinajstić information content (AvgIpc) is 4.30. The molecule has 6 aromatic carbocycles. The summed E-state index contributed by atoms with van der Waals surface area (Å²) in [5.74, 6) is -5.83. The van der Waals surface area contributed by atoms with Crippen LogP contribution in [0.4, 0.5) is 22.4 Å². The predicted octanol–water partition coefficient (Wildman–Crippen LogP) is 7.09. The zero-order chi connectivity index (χ0) is 57.0. The van der Waals surface area contributed by atoms with Gasteiger partial charge in [-0.05, 0) is 35.4 Å². The number of carbonyl (C=O) groups is 7. The third-order valence-corrected chi connectivity index (χ3v) is 12.9. The van der Waals surface area contributed by atoms with Crippen LogP contribution < -0.4 is 32.3 Å². The highest BCUT2D eigenvalue weighted by Gasteiger charge is 2.41. The molecule has 8 atom stereocenters. The van der Waals surface area contributed by atoms with Gasteiger partial charge in [-0.15, -0.1) is 0 Å². The Balaban J connectivity index is 0.000000224. The van der Waals surface area contributed by atoms with Crippen molar-refractivity contribution in [1.29, 1.82) is 0 Å². The van der Waals surface area contributed by atoms with E-state index in [1.807, 2.05) is 60.7 Å². The van der Waals surface area contributed by atoms with Gasteiger partial charge in [0.25, 0.3) is 0 Å². The summed E-state index contributed by atoms with van der Waals surface area (Å²) in [6.07, 6.45) is -0.361. The lowest BCUT2D eigenvalue weighted by molar-refractivity contribution is -0.146. The lowest BCUT2D eigenvalue weighted by Crippen LogP contribution is -2.39. The van der Waals surface area contributed by atoms with Crippen LogP contribution in [0.2, 0.25) is 0 Å². The third kappa shape index (κ3) is 18.3. The van der Waals surface area contributed by atoms with Gasteiger partial charge in [0.05, 0.1) is 55.8 Å². The molecule has 6 aromatic rings. The first kappa shape index (κ1) is 64.6. The summed E-state index contributed by atoms with van der Waals surface area (Å²) >= 11 is 0. The molecule has 425 valence electrons. The number of amides is 5. The van der Waals surface area contributed by atoms with Crippen LogP contribution in [0, 0.1) is 35.1 Å². The van der Waals surface area contributed by atoms with E-state index in [0.717, 1.165) is 11.1 Å². The summed E-state index contributed by atoms with van der Waals surface area (Å²) in [4.78, 5) is 79.6. The van der Waals surface area contributed by atoms with Gasteiger partial charge in [-0.1, -0.05) is 141 Å². The van der Waals surface area contributed by atoms with Crippen molar-refractivity contribution in [3.8, 4) is 0 Å². The molecular formula is C59H62BF4N6O11. The minimum atomic E-state index is -1.09. The van der Waals surface area contributed by atoms with Gasteiger partial charge < -0.3 is 52.0 Å². The number of methoxy groups -OCH3 is 1. The number of esters is 1. The third-order valence-electron chi connectivity index (χ3n) is 12.9. The number of hydrogen-bond acceptors (Lipinski definition) is 11. The Morgan fingerprint density at radius 2 is 0.889 bits per heavy atom. The van der Waals surface area contributed by atoms with E-state index in [9.17, 15) is 51.1 Å². The van der Waals surface area contributed by atoms with Crippen molar-refractivity contribution >= 4 is 50.1 Å². The zero-order valence-corrected chi connectivity index (χ0v) is 43.1. The van der Waals surface area contributed by atoms with Crippen molar-refractivity contribution < 1.29 is 70.8 Å². The van der Waals surface area contributed by atoms with Crippen LogP contribution >= 0.6 is 0 Å². The number of aliphatic carboxylic acids is 1. The van der Waals surface area contributed by atoms with E-state index in [2.05, 4.69) is 31.3 Å². The number of alkyl carbamates (subject to hydrolysis) is 1. The number of ether oxygens (including phenoxy) is 2. The molecule has 0 aromatic heterocycles. The van der Waals surface area contributed by atoms with Crippen LogP contribution in [0.5, 0.6) is 0 Å². The molecule has 0 saturated carbocycles. The molecule has 0 aliphatic carbocycles. The number of nitrogens with one attached hydrogen (secondary N) is 5. The first-order valence-electron chi connectivity index (χ1n) is 24.8. The van der Waals surface area contributed by atoms with Crippen molar-refractivity contribution in [2.24, 2.45) is 17.6 Å². The maximum Gasteiger partial charge on any atom is 0.407 e. The second-order valence-corrected chi connectivity index (χ2v) is 18.3. The fourth-order valence-electron chi connectivity index (χ4n) is 8.96. The fourth-order valence-corrected chi connectivity index (χ4v) is 8.96. The van der Waals surface area contributed by atoms with Gasteiger partial charge in [0.15, 0.2) is 0 Å². The van der Waals surface area contributed by atoms with Crippen LogP contribution in [0.1, 0.15) is 90.7 Å². The highest BCUT2D eigenvalue weighted by Crippen LogP contribution is 2.34. The Morgan fingerprint density at radius 3 is 1.30 bits per heavy atom. The lowest BCUT2D eigenvalue weighted by atomic mass is 9.94. The Bertz CT molecular complexity index is 3080. The molecule has 10 rings (SSSR count). The Morgan fingerprint density at radius 1 is 0.531 bits per heavy atom. The standard InChI is InChI=1S/C18H17FN2O3.C12H12FNO3.C11H10FNO3.C10H11FN2O.C7H8O.CH4.B/c19-14-9-5-4-8-13(14)17-15(10-16(22)21-17)20-18(23)24-11-12-6-2-1-3-7-12;1-17-12(16)8-6-10(15)14-11(8)7-4-2-3-5-9(7)13;12-8-4-2-1-3-6(8)10-7(11(15)16)5-9(14)13-10;11-7-4-2-1-3-6(7)10-8(12)5-9(14)13-10;8-6-7-4-2-1-3-5-7;;/h1-9,15,17H,10-11H2,(H,20,23)(H,21,22);2-5,8,11H,6H2,1H3,(H,14,15);1-4,7,10H,5H2,(H,13,14)(H,15,16);1-4,8,10H,5,12H2,(H,13,14);1-5,8H,6H2;1H4;/t15-,17?;;7-,10?;8-,10?;;;/m0.00.../s1. The maximum atomic E-state index is 14.0. The largest absolute Gasteiger partial charge is 0.481 e. The molecule has 9 N–H and O–H groups in total. The number of aliphatic hydroxyl groups is 1. The number of rotatable bonds is 10. The predicted molar refractivity (Wildman–Crippen MR) is 291 cm³/mol. The van der Waals surface area contributed by atoms with Gasteiger partial charge >= 0.3 is 18.0 Å². The quantitative estimate of drug-likeness (QED) is 0.0388. The monoisotopic (exact) mass is 1120 g/mol. The summed E-state index contributed by atoms with van der Waals surface area (Å²) in [6, 6.07) is 40.0. The highest BCUT2D eigenvalue weighted by atomic mass is 19.1. The van der Waals surface area contributed by atoms with E-state index < -0.39 is 71.5 Å². The fraction of sp³-hybridized carbons (Fsp3) is 0.271. The van der Waals surface area contributed by atoms with Crippen molar-refractivity contribution in [2.75, 3.05) is 7.11 Å². The molecule has 3 radical (unpaired) electrons. The van der Waals surface area contributed by atoms with Crippen LogP contribution in [-0.2, 0) is 51.5 Å². The first-order valence-corrected chi connectivity index (χ1v) is 24.8. The van der Waals surface area contributed by atoms with Crippen LogP contribution in [-0.4, -0.2) is 79.5 Å². The molecule has 0 spiro atoms. The SMILES string of the molecule is C.COC(=O)C1CC(=O)NC1c1ccccc1F.N[C@H]1CC(=O)NC1c1ccccc1F.O=C1C[C@H](C(=O)O)C(c2ccccc2F)N1.O=C1C[C@H](NC(=O)OCc2ccccc2)C(c2ccccc2F)N1.OCc1ccccc1.[B]. The van der Waals surface area contributed by atoms with Gasteiger partial charge in [-0.3, -0.25) is 28.8 Å². The maximum absolute atomic E-state index is 14.0. The van der Waals surface area contributed by atoms with Crippen molar-refractivity contribution in [2.45, 2.75) is 82.6 Å². The number of benzene rings is 6. The molecular weight excluding hydrogens is 1060 g/mol. The van der Waals surface area contributed by atoms with Gasteiger partial charge in [-0.2, -0.15) is 0 Å². The van der Waals surface area contributed by atoms with Gasteiger partial charge in [0.2, 0.25) is 23.6 Å². The first-order chi connectivity index (χ1) is 38.0. The van der Waals surface area contributed by atoms with Gasteiger partial charge in [0, 0.05) is 62.4 Å². The number of carboxylic acid groups (broad SMARTS) is 1. The number of hydrogen-bond donors (Lipinski definition) is 8. The molecule has 0 bridgehead atoms. The minimum absolute atomic E-state index is 0. The van der Waals surface area contributed by atoms with E-state index in [4.69, 9.17) is 20.7 Å². The molecule has 22 heteroatoms. The number of carboxylic acids is 1. The van der Waals surface area contributed by atoms with E-state index in [-0.39, 0.29) is 102 Å². The summed E-state index contributed by atoms with van der Waals surface area (Å²) in [5.41, 5.74) is 8.89. The Labute approximate surface area is 467 Å². The Kier molecular flexibility index (Phi) is 25.3. The normalized spacial score (nSPS) is 20.9. The molecule has 4 fully saturated rings. The number of carbonyl (C=O) groups excluding carboxylic acids is 6. The van der Waals surface area contributed by atoms with Crippen molar-refractivity contribution in [3.05, 3.63) is 214 Å². The molecule has 17 nitrogen and oxygen atoms in total. The van der Waals surface area contributed by atoms with Crippen LogP contribution in [0.15, 0.2) is 158 Å². The molecule has 4 aliphatic rings. The topological polar surface area (TPSA) is 265 Å². The van der Waals surface area contributed by atoms with Crippen LogP contribution in [0.3, 0.4) is 0 Å². The lowest BCUT2D eigenvalue weighted by Gasteiger charge is -2.20. The zero-order valence-electron chi connectivity index (χ0n) is 43.1. The highest BCUT2D eigenvalue weighted by molar-refractivity contribution is 5.88. The molecule has 4 heterocycles. The summed E-state index contributed by atoms with van der Waals surface area (Å²) in [7, 11) is 1.25. The second-order valence-electron chi connectivity index (χ2n) is 18.3. The van der Waals surface area contributed by atoms with E-state index in [0.29, 0.717) is 16.7 Å². The Hall–Kier alpha value is -8.89. The summed E-state index contributed by atoms with van der Waals surface area (Å²) in [5, 5.41) is 30.5. The van der Waals surface area contributed by atoms with Crippen molar-refractivity contribution in [3.63, 3.8) is 0 Å².